The molecular formula is C22H32N2O4S. The summed E-state index contributed by atoms with van der Waals surface area (Å²) in [7, 11) is -3.20. The lowest BCUT2D eigenvalue weighted by molar-refractivity contribution is -0.146. The van der Waals surface area contributed by atoms with Crippen LogP contribution in [-0.4, -0.2) is 66.7 Å². The molecule has 0 bridgehead atoms. The van der Waals surface area contributed by atoms with E-state index in [2.05, 4.69) is 0 Å². The molecule has 3 aliphatic rings. The standard InChI is InChI=1S/C22H32N2O4S/c1-2-29(26,27)24(19-8-9-19)20-10-15-28-22(17-20)11-13-23(14-12-22)21(25)16-18-6-4-3-5-7-18/h3-7,19-20H,2,8-17H2,1H3. The minimum atomic E-state index is -3.20. The maximum atomic E-state index is 12.7. The molecule has 2 heterocycles. The quantitative estimate of drug-likeness (QED) is 0.709. The van der Waals surface area contributed by atoms with Crippen molar-refractivity contribution in [3.63, 3.8) is 0 Å². The first kappa shape index (κ1) is 20.8. The average molecular weight is 421 g/mol. The summed E-state index contributed by atoms with van der Waals surface area (Å²) < 4.78 is 33.4. The lowest BCUT2D eigenvalue weighted by Gasteiger charge is -2.48. The molecule has 1 aromatic rings. The average Bonchev–Trinajstić information content (AvgIpc) is 3.54. The van der Waals surface area contributed by atoms with Crippen molar-refractivity contribution in [2.45, 2.75) is 69.6 Å². The molecule has 2 aliphatic heterocycles. The van der Waals surface area contributed by atoms with Crippen molar-refractivity contribution in [3.8, 4) is 0 Å². The van der Waals surface area contributed by atoms with Gasteiger partial charge in [0.25, 0.3) is 0 Å². The maximum Gasteiger partial charge on any atom is 0.226 e. The van der Waals surface area contributed by atoms with Gasteiger partial charge in [-0.3, -0.25) is 4.79 Å². The molecule has 0 N–H and O–H groups in total. The van der Waals surface area contributed by atoms with Gasteiger partial charge in [-0.15, -0.1) is 0 Å². The SMILES string of the molecule is CCS(=O)(=O)N(C1CC1)C1CCOC2(CCN(C(=O)Cc3ccccc3)CC2)C1. The number of nitrogens with zero attached hydrogens (tertiary/aromatic N) is 2. The highest BCUT2D eigenvalue weighted by molar-refractivity contribution is 7.89. The molecule has 1 aromatic carbocycles. The molecule has 2 saturated heterocycles. The maximum absolute atomic E-state index is 12.7. The summed E-state index contributed by atoms with van der Waals surface area (Å²) in [6.45, 7) is 3.70. The second-order valence-electron chi connectivity index (χ2n) is 8.68. The van der Waals surface area contributed by atoms with E-state index in [-0.39, 0.29) is 29.3 Å². The molecule has 6 nitrogen and oxygen atoms in total. The molecule has 3 fully saturated rings. The van der Waals surface area contributed by atoms with Gasteiger partial charge in [-0.1, -0.05) is 30.3 Å². The molecule has 1 spiro atoms. The topological polar surface area (TPSA) is 66.9 Å². The Morgan fingerprint density at radius 2 is 1.83 bits per heavy atom. The lowest BCUT2D eigenvalue weighted by atomic mass is 9.82. The third-order valence-electron chi connectivity index (χ3n) is 6.65. The largest absolute Gasteiger partial charge is 0.375 e. The highest BCUT2D eigenvalue weighted by atomic mass is 32.2. The van der Waals surface area contributed by atoms with Crippen LogP contribution in [0.1, 0.15) is 51.0 Å². The fourth-order valence-corrected chi connectivity index (χ4v) is 6.44. The highest BCUT2D eigenvalue weighted by Gasteiger charge is 2.48. The van der Waals surface area contributed by atoms with Gasteiger partial charge in [0.15, 0.2) is 0 Å². The molecule has 0 aromatic heterocycles. The zero-order valence-electron chi connectivity index (χ0n) is 17.3. The van der Waals surface area contributed by atoms with Crippen LogP contribution in [0.15, 0.2) is 30.3 Å². The number of piperidine rings is 1. The summed E-state index contributed by atoms with van der Waals surface area (Å²) in [5.41, 5.74) is 0.750. The molecule has 1 amide bonds. The number of sulfonamides is 1. The number of carbonyl (C=O) groups is 1. The van der Waals surface area contributed by atoms with E-state index in [0.717, 1.165) is 44.1 Å². The first-order valence-corrected chi connectivity index (χ1v) is 12.5. The Balaban J connectivity index is 1.38. The number of carbonyl (C=O) groups excluding carboxylic acids is 1. The molecule has 0 radical (unpaired) electrons. The summed E-state index contributed by atoms with van der Waals surface area (Å²) in [5, 5.41) is 0. The number of ether oxygens (including phenoxy) is 1. The summed E-state index contributed by atoms with van der Waals surface area (Å²) >= 11 is 0. The van der Waals surface area contributed by atoms with Gasteiger partial charge >= 0.3 is 0 Å². The molecule has 1 saturated carbocycles. The van der Waals surface area contributed by atoms with Gasteiger partial charge in [0.2, 0.25) is 15.9 Å². The Labute approximate surface area is 174 Å². The van der Waals surface area contributed by atoms with Crippen molar-refractivity contribution in [1.29, 1.82) is 0 Å². The van der Waals surface area contributed by atoms with Crippen LogP contribution in [0.4, 0.5) is 0 Å². The Hall–Kier alpha value is -1.44. The molecule has 4 rings (SSSR count). The van der Waals surface area contributed by atoms with Crippen molar-refractivity contribution in [1.82, 2.24) is 9.21 Å². The summed E-state index contributed by atoms with van der Waals surface area (Å²) in [5.74, 6) is 0.321. The molecular weight excluding hydrogens is 388 g/mol. The third-order valence-corrected chi connectivity index (χ3v) is 8.61. The summed E-state index contributed by atoms with van der Waals surface area (Å²) in [6, 6.07) is 10.1. The molecule has 29 heavy (non-hydrogen) atoms. The molecule has 160 valence electrons. The fourth-order valence-electron chi connectivity index (χ4n) is 4.84. The van der Waals surface area contributed by atoms with E-state index in [9.17, 15) is 13.2 Å². The first-order valence-electron chi connectivity index (χ1n) is 10.9. The van der Waals surface area contributed by atoms with Crippen molar-refractivity contribution >= 4 is 15.9 Å². The van der Waals surface area contributed by atoms with Crippen LogP contribution < -0.4 is 0 Å². The van der Waals surface area contributed by atoms with E-state index >= 15 is 0 Å². The van der Waals surface area contributed by atoms with Gasteiger partial charge in [0.05, 0.1) is 17.8 Å². The number of rotatable bonds is 6. The predicted octanol–water partition coefficient (Wildman–Crippen LogP) is 2.58. The number of benzene rings is 1. The third kappa shape index (κ3) is 4.67. The van der Waals surface area contributed by atoms with Gasteiger partial charge in [-0.05, 0) is 51.0 Å². The van der Waals surface area contributed by atoms with Crippen LogP contribution in [0.5, 0.6) is 0 Å². The molecule has 1 aliphatic carbocycles. The summed E-state index contributed by atoms with van der Waals surface area (Å²) in [4.78, 5) is 14.6. The van der Waals surface area contributed by atoms with E-state index < -0.39 is 10.0 Å². The first-order chi connectivity index (χ1) is 13.9. The number of likely N-dealkylation sites (tertiary alicyclic amines) is 1. The van der Waals surface area contributed by atoms with Crippen LogP contribution in [0.2, 0.25) is 0 Å². The van der Waals surface area contributed by atoms with Crippen molar-refractivity contribution in [2.24, 2.45) is 0 Å². The van der Waals surface area contributed by atoms with Crippen LogP contribution in [0.25, 0.3) is 0 Å². The van der Waals surface area contributed by atoms with E-state index in [0.29, 0.717) is 26.1 Å². The van der Waals surface area contributed by atoms with Crippen molar-refractivity contribution < 1.29 is 17.9 Å². The zero-order valence-corrected chi connectivity index (χ0v) is 18.1. The Morgan fingerprint density at radius 1 is 1.14 bits per heavy atom. The Morgan fingerprint density at radius 3 is 2.45 bits per heavy atom. The minimum absolute atomic E-state index is 0.0350. The summed E-state index contributed by atoms with van der Waals surface area (Å²) in [6.07, 6.45) is 5.49. The van der Waals surface area contributed by atoms with Gasteiger partial charge in [-0.25, -0.2) is 8.42 Å². The predicted molar refractivity (Wildman–Crippen MR) is 112 cm³/mol. The van der Waals surface area contributed by atoms with Crippen LogP contribution in [0.3, 0.4) is 0 Å². The van der Waals surface area contributed by atoms with Crippen LogP contribution in [0, 0.1) is 0 Å². The second kappa shape index (κ2) is 8.36. The molecule has 7 heteroatoms. The van der Waals surface area contributed by atoms with Crippen molar-refractivity contribution in [2.75, 3.05) is 25.4 Å². The zero-order chi connectivity index (χ0) is 20.5. The Bertz CT molecular complexity index is 814. The minimum Gasteiger partial charge on any atom is -0.375 e. The van der Waals surface area contributed by atoms with Crippen LogP contribution in [-0.2, 0) is 26.0 Å². The highest BCUT2D eigenvalue weighted by Crippen LogP contribution is 2.41. The smallest absolute Gasteiger partial charge is 0.226 e. The van der Waals surface area contributed by atoms with E-state index in [1.807, 2.05) is 39.5 Å². The monoisotopic (exact) mass is 420 g/mol. The van der Waals surface area contributed by atoms with Gasteiger partial charge in [0, 0.05) is 31.8 Å². The number of hydrogen-bond acceptors (Lipinski definition) is 4. The lowest BCUT2D eigenvalue weighted by Crippen LogP contribution is -2.56. The van der Waals surface area contributed by atoms with Gasteiger partial charge in [0.1, 0.15) is 0 Å². The Kier molecular flexibility index (Phi) is 6.00. The van der Waals surface area contributed by atoms with Gasteiger partial charge < -0.3 is 9.64 Å². The van der Waals surface area contributed by atoms with Gasteiger partial charge in [-0.2, -0.15) is 4.31 Å². The fraction of sp³-hybridized carbons (Fsp3) is 0.682. The van der Waals surface area contributed by atoms with Crippen LogP contribution >= 0.6 is 0 Å². The number of hydrogen-bond donors (Lipinski definition) is 0. The van der Waals surface area contributed by atoms with E-state index in [1.165, 1.54) is 0 Å². The van der Waals surface area contributed by atoms with Crippen molar-refractivity contribution in [3.05, 3.63) is 35.9 Å². The van der Waals surface area contributed by atoms with E-state index in [4.69, 9.17) is 4.74 Å². The number of amides is 1. The second-order valence-corrected chi connectivity index (χ2v) is 10.8. The molecule has 1 unspecified atom stereocenters. The molecule has 1 atom stereocenters. The van der Waals surface area contributed by atoms with E-state index in [1.54, 1.807) is 6.92 Å². The normalized spacial score (nSPS) is 24.8.